The molecule has 8 heteroatoms. The maximum Gasteiger partial charge on any atom is 0.338 e. The van der Waals surface area contributed by atoms with Crippen LogP contribution in [0, 0.1) is 10.1 Å². The zero-order valence-electron chi connectivity index (χ0n) is 16.8. The summed E-state index contributed by atoms with van der Waals surface area (Å²) in [6.07, 6.45) is 0. The molecule has 0 aliphatic heterocycles. The van der Waals surface area contributed by atoms with Crippen molar-refractivity contribution in [1.82, 2.24) is 4.90 Å². The lowest BCUT2D eigenvalue weighted by Crippen LogP contribution is -2.22. The molecule has 0 aliphatic carbocycles. The number of hydrogen-bond acceptors (Lipinski definition) is 6. The van der Waals surface area contributed by atoms with Gasteiger partial charge in [0.25, 0.3) is 11.6 Å². The molecule has 1 amide bonds. The molecule has 1 N–H and O–H groups in total. The van der Waals surface area contributed by atoms with Gasteiger partial charge in [0.2, 0.25) is 0 Å². The highest BCUT2D eigenvalue weighted by atomic mass is 16.6. The van der Waals surface area contributed by atoms with Gasteiger partial charge in [0.15, 0.2) is 0 Å². The minimum absolute atomic E-state index is 0.0106. The summed E-state index contributed by atoms with van der Waals surface area (Å²) in [7, 11) is 0. The van der Waals surface area contributed by atoms with Gasteiger partial charge in [-0.15, -0.1) is 0 Å². The SMILES string of the molecule is CCOC(=O)c1cc(C(=O)Nc2cccc(CN(CC)CC)c2)cc([N+](=O)[O-])c1. The molecule has 2 aromatic carbocycles. The molecule has 0 bridgehead atoms. The summed E-state index contributed by atoms with van der Waals surface area (Å²) in [6.45, 7) is 8.50. The first-order chi connectivity index (χ1) is 13.9. The Kier molecular flexibility index (Phi) is 7.85. The largest absolute Gasteiger partial charge is 0.462 e. The van der Waals surface area contributed by atoms with Crippen LogP contribution in [-0.2, 0) is 11.3 Å². The predicted octanol–water partition coefficient (Wildman–Crippen LogP) is 3.87. The van der Waals surface area contributed by atoms with Crippen molar-refractivity contribution in [3.8, 4) is 0 Å². The summed E-state index contributed by atoms with van der Waals surface area (Å²) in [5.41, 5.74) is 1.23. The third kappa shape index (κ3) is 6.11. The van der Waals surface area contributed by atoms with Gasteiger partial charge in [0.05, 0.1) is 17.1 Å². The van der Waals surface area contributed by atoms with Crippen molar-refractivity contribution in [2.24, 2.45) is 0 Å². The smallest absolute Gasteiger partial charge is 0.338 e. The maximum atomic E-state index is 12.7. The highest BCUT2D eigenvalue weighted by Crippen LogP contribution is 2.20. The first-order valence-electron chi connectivity index (χ1n) is 9.47. The quantitative estimate of drug-likeness (QED) is 0.390. The number of carbonyl (C=O) groups excluding carboxylic acids is 2. The van der Waals surface area contributed by atoms with E-state index in [9.17, 15) is 19.7 Å². The monoisotopic (exact) mass is 399 g/mol. The van der Waals surface area contributed by atoms with E-state index in [1.54, 1.807) is 13.0 Å². The first kappa shape index (κ1) is 22.0. The van der Waals surface area contributed by atoms with Crippen molar-refractivity contribution in [2.75, 3.05) is 25.0 Å². The van der Waals surface area contributed by atoms with Crippen molar-refractivity contribution in [3.05, 3.63) is 69.3 Å². The van der Waals surface area contributed by atoms with E-state index in [2.05, 4.69) is 24.1 Å². The van der Waals surface area contributed by atoms with E-state index in [1.807, 2.05) is 18.2 Å². The van der Waals surface area contributed by atoms with Crippen LogP contribution in [0.2, 0.25) is 0 Å². The molecule has 0 radical (unpaired) electrons. The minimum atomic E-state index is -0.716. The average Bonchev–Trinajstić information content (AvgIpc) is 2.72. The molecular weight excluding hydrogens is 374 g/mol. The van der Waals surface area contributed by atoms with E-state index in [1.165, 1.54) is 6.07 Å². The number of nitro benzene ring substituents is 1. The molecule has 0 aliphatic rings. The lowest BCUT2D eigenvalue weighted by atomic mass is 10.1. The maximum absolute atomic E-state index is 12.7. The van der Waals surface area contributed by atoms with Crippen molar-refractivity contribution in [2.45, 2.75) is 27.3 Å². The van der Waals surface area contributed by atoms with E-state index >= 15 is 0 Å². The number of nitrogens with one attached hydrogen (secondary N) is 1. The summed E-state index contributed by atoms with van der Waals surface area (Å²) in [6, 6.07) is 10.9. The van der Waals surface area contributed by atoms with Crippen LogP contribution in [0.25, 0.3) is 0 Å². The molecule has 0 spiro atoms. The summed E-state index contributed by atoms with van der Waals surface area (Å²) >= 11 is 0. The first-order valence-corrected chi connectivity index (χ1v) is 9.47. The number of rotatable bonds is 9. The predicted molar refractivity (Wildman–Crippen MR) is 110 cm³/mol. The fourth-order valence-electron chi connectivity index (χ4n) is 2.84. The summed E-state index contributed by atoms with van der Waals surface area (Å²) < 4.78 is 4.89. The number of anilines is 1. The number of nitro groups is 1. The number of nitrogens with zero attached hydrogens (tertiary/aromatic N) is 2. The number of ether oxygens (including phenoxy) is 1. The van der Waals surface area contributed by atoms with Crippen molar-refractivity contribution < 1.29 is 19.2 Å². The molecule has 0 unspecified atom stereocenters. The van der Waals surface area contributed by atoms with Crippen LogP contribution in [0.1, 0.15) is 47.1 Å². The van der Waals surface area contributed by atoms with Crippen LogP contribution in [0.15, 0.2) is 42.5 Å². The number of benzene rings is 2. The molecule has 0 saturated carbocycles. The Hall–Kier alpha value is -3.26. The molecule has 154 valence electrons. The molecule has 0 fully saturated rings. The van der Waals surface area contributed by atoms with Crippen LogP contribution in [0.3, 0.4) is 0 Å². The molecule has 0 saturated heterocycles. The summed E-state index contributed by atoms with van der Waals surface area (Å²) in [5, 5.41) is 13.9. The lowest BCUT2D eigenvalue weighted by molar-refractivity contribution is -0.384. The zero-order chi connectivity index (χ0) is 21.4. The fraction of sp³-hybridized carbons (Fsp3) is 0.333. The van der Waals surface area contributed by atoms with Crippen molar-refractivity contribution in [1.29, 1.82) is 0 Å². The molecule has 2 rings (SSSR count). The Morgan fingerprint density at radius 1 is 1.07 bits per heavy atom. The Morgan fingerprint density at radius 3 is 2.38 bits per heavy atom. The van der Waals surface area contributed by atoms with Crippen LogP contribution < -0.4 is 5.32 Å². The molecule has 29 heavy (non-hydrogen) atoms. The average molecular weight is 399 g/mol. The molecule has 0 atom stereocenters. The van der Waals surface area contributed by atoms with Crippen LogP contribution in [0.5, 0.6) is 0 Å². The molecule has 2 aromatic rings. The molecular formula is C21H25N3O5. The topological polar surface area (TPSA) is 102 Å². The fourth-order valence-corrected chi connectivity index (χ4v) is 2.84. The molecule has 0 heterocycles. The van der Waals surface area contributed by atoms with Crippen molar-refractivity contribution in [3.63, 3.8) is 0 Å². The van der Waals surface area contributed by atoms with Gasteiger partial charge in [-0.05, 0) is 43.8 Å². The number of carbonyl (C=O) groups is 2. The van der Waals surface area contributed by atoms with Gasteiger partial charge in [-0.25, -0.2) is 4.79 Å². The molecule has 8 nitrogen and oxygen atoms in total. The standard InChI is InChI=1S/C21H25N3O5/c1-4-23(5-2)14-15-8-7-9-18(10-15)22-20(25)16-11-17(21(26)29-6-3)13-19(12-16)24(27)28/h7-13H,4-6,14H2,1-3H3,(H,22,25). The number of non-ortho nitro benzene ring substituents is 1. The van der Waals surface area contributed by atoms with Gasteiger partial charge in [0.1, 0.15) is 0 Å². The van der Waals surface area contributed by atoms with Crippen LogP contribution >= 0.6 is 0 Å². The number of esters is 1. The highest BCUT2D eigenvalue weighted by Gasteiger charge is 2.19. The van der Waals surface area contributed by atoms with Gasteiger partial charge in [-0.3, -0.25) is 19.8 Å². The third-order valence-electron chi connectivity index (χ3n) is 4.39. The van der Waals surface area contributed by atoms with E-state index in [0.29, 0.717) is 5.69 Å². The summed E-state index contributed by atoms with van der Waals surface area (Å²) in [4.78, 5) is 37.4. The Balaban J connectivity index is 2.26. The van der Waals surface area contributed by atoms with Gasteiger partial charge in [0, 0.05) is 29.9 Å². The lowest BCUT2D eigenvalue weighted by Gasteiger charge is -2.18. The van der Waals surface area contributed by atoms with Gasteiger partial charge >= 0.3 is 5.97 Å². The van der Waals surface area contributed by atoms with Gasteiger partial charge in [-0.1, -0.05) is 26.0 Å². The van der Waals surface area contributed by atoms with Crippen molar-refractivity contribution >= 4 is 23.3 Å². The van der Waals surface area contributed by atoms with E-state index in [-0.39, 0.29) is 23.4 Å². The zero-order valence-corrected chi connectivity index (χ0v) is 16.8. The van der Waals surface area contributed by atoms with E-state index in [0.717, 1.165) is 37.3 Å². The van der Waals surface area contributed by atoms with Crippen LogP contribution in [0.4, 0.5) is 11.4 Å². The second-order valence-corrected chi connectivity index (χ2v) is 6.36. The number of amides is 1. The second kappa shape index (κ2) is 10.3. The third-order valence-corrected chi connectivity index (χ3v) is 4.39. The second-order valence-electron chi connectivity index (χ2n) is 6.36. The van der Waals surface area contributed by atoms with E-state index < -0.39 is 16.8 Å². The minimum Gasteiger partial charge on any atom is -0.462 e. The Morgan fingerprint density at radius 2 is 1.76 bits per heavy atom. The number of hydrogen-bond donors (Lipinski definition) is 1. The van der Waals surface area contributed by atoms with Crippen LogP contribution in [-0.4, -0.2) is 41.4 Å². The summed E-state index contributed by atoms with van der Waals surface area (Å²) in [5.74, 6) is -1.26. The van der Waals surface area contributed by atoms with Gasteiger partial charge in [-0.2, -0.15) is 0 Å². The van der Waals surface area contributed by atoms with E-state index in [4.69, 9.17) is 4.74 Å². The Labute approximate surface area is 169 Å². The van der Waals surface area contributed by atoms with Gasteiger partial charge < -0.3 is 10.1 Å². The molecule has 0 aromatic heterocycles. The highest BCUT2D eigenvalue weighted by molar-refractivity contribution is 6.06. The normalized spacial score (nSPS) is 10.6. The Bertz CT molecular complexity index is 894.